The van der Waals surface area contributed by atoms with Gasteiger partial charge in [0.1, 0.15) is 0 Å². The molecule has 2 aromatic rings. The van der Waals surface area contributed by atoms with E-state index in [1.807, 2.05) is 24.3 Å². The van der Waals surface area contributed by atoms with Gasteiger partial charge >= 0.3 is 129 Å². The molecule has 2 rings (SSSR count). The average molecular weight is 444 g/mol. The molecule has 4 heteroatoms. The summed E-state index contributed by atoms with van der Waals surface area (Å²) in [6, 6.07) is 16.5. The van der Waals surface area contributed by atoms with Gasteiger partial charge in [0.2, 0.25) is 0 Å². The first-order valence-electron chi connectivity index (χ1n) is 5.01. The fourth-order valence-electron chi connectivity index (χ4n) is 1.23. The Bertz CT molecular complexity index is 422. The van der Waals surface area contributed by atoms with E-state index in [9.17, 15) is 0 Å². The van der Waals surface area contributed by atoms with Gasteiger partial charge in [-0.25, -0.2) is 0 Å². The van der Waals surface area contributed by atoms with Crippen molar-refractivity contribution in [3.8, 4) is 0 Å². The summed E-state index contributed by atoms with van der Waals surface area (Å²) in [6.45, 7) is 0. The van der Waals surface area contributed by atoms with Crippen LogP contribution in [0.15, 0.2) is 48.5 Å². The third kappa shape index (κ3) is 4.84. The number of hydrogen-bond acceptors (Lipinski definition) is 0. The number of halogens is 2. The topological polar surface area (TPSA) is 0 Å². The van der Waals surface area contributed by atoms with E-state index in [1.165, 1.54) is 11.4 Å². The number of hydrogen-bond donors (Lipinski definition) is 0. The van der Waals surface area contributed by atoms with Crippen molar-refractivity contribution in [2.24, 2.45) is 0 Å². The Morgan fingerprint density at radius 3 is 1.94 bits per heavy atom. The predicted octanol–water partition coefficient (Wildman–Crippen LogP) is 2.73. The fourth-order valence-corrected chi connectivity index (χ4v) is 8.71. The molecule has 17 heavy (non-hydrogen) atoms. The van der Waals surface area contributed by atoms with Gasteiger partial charge in [0, 0.05) is 0 Å². The normalized spacial score (nSPS) is 10.5. The summed E-state index contributed by atoms with van der Waals surface area (Å²) >= 11 is 12.2. The van der Waals surface area contributed by atoms with E-state index in [-0.39, 0.29) is 20.9 Å². The molecule has 0 nitrogen and oxygen atoms in total. The van der Waals surface area contributed by atoms with E-state index >= 15 is 0 Å². The first kappa shape index (κ1) is 13.8. The monoisotopic (exact) mass is 446 g/mol. The van der Waals surface area contributed by atoms with E-state index in [1.54, 1.807) is 0 Å². The van der Waals surface area contributed by atoms with Crippen LogP contribution in [0.5, 0.6) is 0 Å². The van der Waals surface area contributed by atoms with E-state index in [2.05, 4.69) is 24.3 Å². The van der Waals surface area contributed by atoms with Crippen molar-refractivity contribution in [3.63, 3.8) is 0 Å². The zero-order chi connectivity index (χ0) is 12.1. The van der Waals surface area contributed by atoms with Crippen LogP contribution >= 0.6 is 23.2 Å². The standard InChI is InChI=1S/C13H10Cl2SeTe/c14-10-1-5-12(6-2-10)16-9-17-13-7-3-11(15)4-8-13/h1-8H,9H2. The van der Waals surface area contributed by atoms with E-state index in [4.69, 9.17) is 23.2 Å². The molecule has 0 aliphatic heterocycles. The van der Waals surface area contributed by atoms with Crippen molar-refractivity contribution in [2.75, 3.05) is 0 Å². The van der Waals surface area contributed by atoms with E-state index < -0.39 is 0 Å². The van der Waals surface area contributed by atoms with Crippen LogP contribution in [0.25, 0.3) is 0 Å². The third-order valence-corrected chi connectivity index (χ3v) is 9.57. The molecule has 0 fully saturated rings. The number of rotatable bonds is 4. The van der Waals surface area contributed by atoms with Crippen molar-refractivity contribution >= 4 is 67.2 Å². The molecular formula is C13H10Cl2SeTe. The van der Waals surface area contributed by atoms with Crippen LogP contribution in [0.4, 0.5) is 0 Å². The Hall–Kier alpha value is 0.329. The van der Waals surface area contributed by atoms with Gasteiger partial charge in [0.05, 0.1) is 0 Å². The molecule has 0 unspecified atom stereocenters. The molecule has 2 aromatic carbocycles. The second-order valence-electron chi connectivity index (χ2n) is 3.31. The van der Waals surface area contributed by atoms with Gasteiger partial charge in [-0.3, -0.25) is 0 Å². The molecular weight excluding hydrogens is 434 g/mol. The Kier molecular flexibility index (Phi) is 5.70. The summed E-state index contributed by atoms with van der Waals surface area (Å²) in [5.74, 6) is 0. The summed E-state index contributed by atoms with van der Waals surface area (Å²) in [7, 11) is 0. The Morgan fingerprint density at radius 2 is 1.35 bits per heavy atom. The van der Waals surface area contributed by atoms with Crippen LogP contribution < -0.4 is 8.07 Å². The number of benzene rings is 2. The molecule has 0 spiro atoms. The molecule has 0 saturated heterocycles. The molecule has 0 atom stereocenters. The first-order valence-corrected chi connectivity index (χ1v) is 10.6. The molecule has 0 aliphatic carbocycles. The second kappa shape index (κ2) is 7.05. The van der Waals surface area contributed by atoms with Gasteiger partial charge < -0.3 is 0 Å². The maximum atomic E-state index is 5.86. The Labute approximate surface area is 128 Å². The Balaban J connectivity index is 1.83. The molecule has 0 N–H and O–H groups in total. The zero-order valence-electron chi connectivity index (χ0n) is 8.90. The minimum atomic E-state index is -0.0644. The van der Waals surface area contributed by atoms with Crippen molar-refractivity contribution in [2.45, 2.75) is 3.37 Å². The maximum absolute atomic E-state index is 5.86. The van der Waals surface area contributed by atoms with Crippen molar-refractivity contribution in [1.29, 1.82) is 0 Å². The van der Waals surface area contributed by atoms with Crippen molar-refractivity contribution in [1.82, 2.24) is 0 Å². The third-order valence-electron chi connectivity index (χ3n) is 2.08. The predicted molar refractivity (Wildman–Crippen MR) is 78.5 cm³/mol. The van der Waals surface area contributed by atoms with Crippen molar-refractivity contribution < 1.29 is 0 Å². The Morgan fingerprint density at radius 1 is 0.824 bits per heavy atom. The van der Waals surface area contributed by atoms with Crippen LogP contribution in [0, 0.1) is 0 Å². The van der Waals surface area contributed by atoms with Crippen LogP contribution in [0.2, 0.25) is 13.4 Å². The first-order chi connectivity index (χ1) is 8.24. The zero-order valence-corrected chi connectivity index (χ0v) is 14.5. The van der Waals surface area contributed by atoms with Gasteiger partial charge in [0.25, 0.3) is 0 Å². The molecule has 88 valence electrons. The van der Waals surface area contributed by atoms with Crippen LogP contribution in [0.1, 0.15) is 0 Å². The minimum absolute atomic E-state index is 0.0644. The summed E-state index contributed by atoms with van der Waals surface area (Å²) in [4.78, 5) is 0. The summed E-state index contributed by atoms with van der Waals surface area (Å²) in [5.41, 5.74) is 0. The van der Waals surface area contributed by atoms with Gasteiger partial charge in [0.15, 0.2) is 0 Å². The fraction of sp³-hybridized carbons (Fsp3) is 0.0769. The van der Waals surface area contributed by atoms with Crippen molar-refractivity contribution in [3.05, 3.63) is 58.6 Å². The summed E-state index contributed by atoms with van der Waals surface area (Å²) in [5, 5.41) is 1.64. The molecule has 0 aromatic heterocycles. The van der Waals surface area contributed by atoms with Gasteiger partial charge in [-0.1, -0.05) is 0 Å². The van der Waals surface area contributed by atoms with E-state index in [0.717, 1.165) is 10.0 Å². The molecule has 0 amide bonds. The molecule has 0 aliphatic rings. The van der Waals surface area contributed by atoms with Gasteiger partial charge in [-0.15, -0.1) is 0 Å². The summed E-state index contributed by atoms with van der Waals surface area (Å²) < 4.78 is 4.25. The molecule has 0 bridgehead atoms. The molecule has 0 saturated carbocycles. The SMILES string of the molecule is Clc1ccc([Se]C[Te]c2ccc(Cl)cc2)cc1. The quantitative estimate of drug-likeness (QED) is 0.638. The second-order valence-corrected chi connectivity index (χ2v) is 11.9. The molecule has 0 heterocycles. The van der Waals surface area contributed by atoms with Crippen LogP contribution in [-0.2, 0) is 0 Å². The van der Waals surface area contributed by atoms with Gasteiger partial charge in [-0.05, 0) is 0 Å². The van der Waals surface area contributed by atoms with Gasteiger partial charge in [-0.2, -0.15) is 0 Å². The van der Waals surface area contributed by atoms with Crippen LogP contribution in [0.3, 0.4) is 0 Å². The molecule has 0 radical (unpaired) electrons. The van der Waals surface area contributed by atoms with E-state index in [0.29, 0.717) is 15.0 Å². The average Bonchev–Trinajstić information content (AvgIpc) is 2.34. The summed E-state index contributed by atoms with van der Waals surface area (Å²) in [6.07, 6.45) is 0. The van der Waals surface area contributed by atoms with Crippen LogP contribution in [-0.4, -0.2) is 35.9 Å².